The molecular weight excluding hydrogens is 158 g/mol. The van der Waals surface area contributed by atoms with Gasteiger partial charge in [0.2, 0.25) is 5.91 Å². The Morgan fingerprint density at radius 3 is 3.00 bits per heavy atom. The molecule has 0 aromatic heterocycles. The maximum absolute atomic E-state index is 11.1. The number of carbonyl (C=O) groups excluding carboxylic acids is 1. The molecule has 1 aliphatic rings. The lowest BCUT2D eigenvalue weighted by Gasteiger charge is -2.15. The first-order chi connectivity index (χ1) is 5.70. The molecule has 0 aliphatic carbocycles. The van der Waals surface area contributed by atoms with Crippen LogP contribution in [0.15, 0.2) is 24.3 Å². The Balaban J connectivity index is 2.62. The van der Waals surface area contributed by atoms with Crippen molar-refractivity contribution >= 4 is 11.9 Å². The molecular formula is C8H9NO3. The quantitative estimate of drug-likeness (QED) is 0.631. The topological polar surface area (TPSA) is 57.6 Å². The van der Waals surface area contributed by atoms with Crippen LogP contribution >= 0.6 is 0 Å². The van der Waals surface area contributed by atoms with Crippen LogP contribution in [0.3, 0.4) is 0 Å². The second kappa shape index (κ2) is 3.71. The lowest BCUT2D eigenvalue weighted by atomic mass is 10.4. The second-order valence-corrected chi connectivity index (χ2v) is 2.40. The highest BCUT2D eigenvalue weighted by Crippen LogP contribution is 1.97. The molecule has 4 heteroatoms. The third-order valence-corrected chi connectivity index (χ3v) is 1.45. The molecule has 0 atom stereocenters. The highest BCUT2D eigenvalue weighted by atomic mass is 16.4. The fourth-order valence-electron chi connectivity index (χ4n) is 0.906. The molecule has 0 fully saturated rings. The first-order valence-electron chi connectivity index (χ1n) is 3.54. The lowest BCUT2D eigenvalue weighted by molar-refractivity contribution is -0.142. The van der Waals surface area contributed by atoms with E-state index in [4.69, 9.17) is 5.11 Å². The van der Waals surface area contributed by atoms with Gasteiger partial charge in [-0.1, -0.05) is 18.2 Å². The van der Waals surface area contributed by atoms with Gasteiger partial charge in [0.15, 0.2) is 0 Å². The van der Waals surface area contributed by atoms with Crippen LogP contribution in [0.2, 0.25) is 0 Å². The summed E-state index contributed by atoms with van der Waals surface area (Å²) in [5.74, 6) is -1.26. The minimum atomic E-state index is -0.993. The van der Waals surface area contributed by atoms with Gasteiger partial charge >= 0.3 is 5.97 Å². The van der Waals surface area contributed by atoms with Crippen LogP contribution in [-0.4, -0.2) is 35.0 Å². The average Bonchev–Trinajstić information content (AvgIpc) is 2.16. The van der Waals surface area contributed by atoms with E-state index in [0.717, 1.165) is 0 Å². The third-order valence-electron chi connectivity index (χ3n) is 1.45. The zero-order valence-electron chi connectivity index (χ0n) is 6.43. The number of nitrogens with zero attached hydrogens (tertiary/aromatic N) is 1. The summed E-state index contributed by atoms with van der Waals surface area (Å²) in [6.45, 7) is 0.117. The van der Waals surface area contributed by atoms with Gasteiger partial charge in [0.25, 0.3) is 0 Å². The van der Waals surface area contributed by atoms with Crippen molar-refractivity contribution < 1.29 is 14.7 Å². The summed E-state index contributed by atoms with van der Waals surface area (Å²) in [4.78, 5) is 22.6. The molecule has 1 amide bonds. The fraction of sp³-hybridized carbons (Fsp3) is 0.250. The number of carboxylic acids is 1. The number of amides is 1. The van der Waals surface area contributed by atoms with Crippen LogP contribution < -0.4 is 0 Å². The summed E-state index contributed by atoms with van der Waals surface area (Å²) < 4.78 is 0. The Morgan fingerprint density at radius 1 is 1.58 bits per heavy atom. The second-order valence-electron chi connectivity index (χ2n) is 2.40. The van der Waals surface area contributed by atoms with Gasteiger partial charge in [0, 0.05) is 12.6 Å². The summed E-state index contributed by atoms with van der Waals surface area (Å²) >= 11 is 0. The standard InChI is InChI=1S/C8H9NO3/c10-7-4-2-1-3-5-9(7)6-8(11)12/h1-4H,5-6H2,(H,11,12). The van der Waals surface area contributed by atoms with Crippen molar-refractivity contribution in [3.05, 3.63) is 24.3 Å². The summed E-state index contributed by atoms with van der Waals surface area (Å²) in [5, 5.41) is 8.43. The van der Waals surface area contributed by atoms with Crippen LogP contribution in [-0.2, 0) is 9.59 Å². The van der Waals surface area contributed by atoms with Gasteiger partial charge < -0.3 is 10.0 Å². The zero-order chi connectivity index (χ0) is 8.97. The van der Waals surface area contributed by atoms with E-state index in [1.54, 1.807) is 18.2 Å². The number of hydrogen-bond acceptors (Lipinski definition) is 2. The number of carbonyl (C=O) groups is 2. The van der Waals surface area contributed by atoms with Crippen molar-refractivity contribution in [3.8, 4) is 0 Å². The molecule has 0 bridgehead atoms. The first-order valence-corrected chi connectivity index (χ1v) is 3.54. The van der Waals surface area contributed by atoms with E-state index >= 15 is 0 Å². The molecule has 0 saturated heterocycles. The fourth-order valence-corrected chi connectivity index (χ4v) is 0.906. The molecule has 1 rings (SSSR count). The van der Waals surface area contributed by atoms with Gasteiger partial charge in [0.1, 0.15) is 6.54 Å². The van der Waals surface area contributed by atoms with Crippen molar-refractivity contribution in [1.82, 2.24) is 4.90 Å². The normalized spacial score (nSPS) is 16.3. The summed E-state index contributed by atoms with van der Waals surface area (Å²) in [6, 6.07) is 0. The molecule has 0 spiro atoms. The molecule has 0 saturated carbocycles. The molecule has 0 unspecified atom stereocenters. The molecule has 1 aliphatic heterocycles. The van der Waals surface area contributed by atoms with Gasteiger partial charge in [-0.25, -0.2) is 0 Å². The molecule has 1 heterocycles. The Hall–Kier alpha value is -1.58. The maximum Gasteiger partial charge on any atom is 0.323 e. The molecule has 64 valence electrons. The molecule has 0 aromatic carbocycles. The zero-order valence-corrected chi connectivity index (χ0v) is 6.43. The third kappa shape index (κ3) is 2.23. The number of hydrogen-bond donors (Lipinski definition) is 1. The van der Waals surface area contributed by atoms with E-state index in [0.29, 0.717) is 6.54 Å². The van der Waals surface area contributed by atoms with Crippen molar-refractivity contribution in [2.45, 2.75) is 0 Å². The van der Waals surface area contributed by atoms with E-state index in [9.17, 15) is 9.59 Å². The summed E-state index contributed by atoms with van der Waals surface area (Å²) in [5.41, 5.74) is 0. The predicted molar refractivity (Wildman–Crippen MR) is 42.5 cm³/mol. The van der Waals surface area contributed by atoms with Gasteiger partial charge in [-0.2, -0.15) is 0 Å². The maximum atomic E-state index is 11.1. The first kappa shape index (κ1) is 8.52. The number of rotatable bonds is 2. The highest BCUT2D eigenvalue weighted by Gasteiger charge is 2.13. The predicted octanol–water partition coefficient (Wildman–Crippen LogP) is 0.0256. The van der Waals surface area contributed by atoms with Gasteiger partial charge in [0.05, 0.1) is 0 Å². The van der Waals surface area contributed by atoms with Gasteiger partial charge in [-0.15, -0.1) is 0 Å². The Bertz CT molecular complexity index is 255. The number of carboxylic acid groups (broad SMARTS) is 1. The van der Waals surface area contributed by atoms with Gasteiger partial charge in [-0.05, 0) is 0 Å². The largest absolute Gasteiger partial charge is 0.480 e. The Morgan fingerprint density at radius 2 is 2.33 bits per heavy atom. The van der Waals surface area contributed by atoms with Crippen LogP contribution in [0.5, 0.6) is 0 Å². The number of aliphatic carboxylic acids is 1. The lowest BCUT2D eigenvalue weighted by Crippen LogP contribution is -2.34. The molecule has 1 N–H and O–H groups in total. The van der Waals surface area contributed by atoms with E-state index in [1.165, 1.54) is 11.0 Å². The summed E-state index contributed by atoms with van der Waals surface area (Å²) in [6.07, 6.45) is 6.42. The van der Waals surface area contributed by atoms with Crippen molar-refractivity contribution in [2.75, 3.05) is 13.1 Å². The minimum absolute atomic E-state index is 0.243. The molecule has 0 radical (unpaired) electrons. The van der Waals surface area contributed by atoms with Crippen molar-refractivity contribution in [2.24, 2.45) is 0 Å². The average molecular weight is 167 g/mol. The van der Waals surface area contributed by atoms with Gasteiger partial charge in [-0.3, -0.25) is 9.59 Å². The van der Waals surface area contributed by atoms with Crippen LogP contribution in [0.4, 0.5) is 0 Å². The van der Waals surface area contributed by atoms with Crippen molar-refractivity contribution in [1.29, 1.82) is 0 Å². The van der Waals surface area contributed by atoms with E-state index < -0.39 is 5.97 Å². The number of allylic oxidation sites excluding steroid dienone is 2. The highest BCUT2D eigenvalue weighted by molar-refractivity contribution is 5.90. The SMILES string of the molecule is O=C(O)CN1CC=CC=CC1=O. The van der Waals surface area contributed by atoms with E-state index in [1.807, 2.05) is 0 Å². The molecule has 4 nitrogen and oxygen atoms in total. The summed E-state index contributed by atoms with van der Waals surface area (Å²) in [7, 11) is 0. The van der Waals surface area contributed by atoms with E-state index in [2.05, 4.69) is 0 Å². The minimum Gasteiger partial charge on any atom is -0.480 e. The Kier molecular flexibility index (Phi) is 2.63. The van der Waals surface area contributed by atoms with E-state index in [-0.39, 0.29) is 12.5 Å². The monoisotopic (exact) mass is 167 g/mol. The Labute approximate surface area is 69.8 Å². The molecule has 12 heavy (non-hydrogen) atoms. The van der Waals surface area contributed by atoms with Crippen LogP contribution in [0, 0.1) is 0 Å². The van der Waals surface area contributed by atoms with Crippen LogP contribution in [0.25, 0.3) is 0 Å². The van der Waals surface area contributed by atoms with Crippen molar-refractivity contribution in [3.63, 3.8) is 0 Å². The smallest absolute Gasteiger partial charge is 0.323 e. The van der Waals surface area contributed by atoms with Crippen LogP contribution in [0.1, 0.15) is 0 Å². The molecule has 0 aromatic rings.